The molecule has 3 aromatic heterocycles. The van der Waals surface area contributed by atoms with E-state index in [0.717, 1.165) is 59.8 Å². The van der Waals surface area contributed by atoms with Crippen LogP contribution in [0.15, 0.2) is 36.1 Å². The highest BCUT2D eigenvalue weighted by atomic mass is 32.1. The SMILES string of the molecule is CCOC(C1CCN(c2ncnc3scc(-c4ccccn4)c23)CC1)N1CCCC1. The minimum Gasteiger partial charge on any atom is -0.363 e. The molecule has 2 aliphatic rings. The maximum atomic E-state index is 6.22. The predicted molar refractivity (Wildman–Crippen MR) is 122 cm³/mol. The fourth-order valence-electron chi connectivity index (χ4n) is 4.91. The van der Waals surface area contributed by atoms with Gasteiger partial charge in [0.2, 0.25) is 0 Å². The lowest BCUT2D eigenvalue weighted by atomic mass is 9.94. The summed E-state index contributed by atoms with van der Waals surface area (Å²) < 4.78 is 6.22. The van der Waals surface area contributed by atoms with E-state index in [0.29, 0.717) is 5.92 Å². The van der Waals surface area contributed by atoms with Gasteiger partial charge in [-0.05, 0) is 44.7 Å². The molecule has 2 aliphatic heterocycles. The lowest BCUT2D eigenvalue weighted by molar-refractivity contribution is -0.0858. The number of aromatic nitrogens is 3. The van der Waals surface area contributed by atoms with Crippen molar-refractivity contribution in [3.8, 4) is 11.3 Å². The molecular weight excluding hydrogens is 394 g/mol. The van der Waals surface area contributed by atoms with E-state index in [9.17, 15) is 0 Å². The topological polar surface area (TPSA) is 54.4 Å². The lowest BCUT2D eigenvalue weighted by Crippen LogP contribution is -2.46. The van der Waals surface area contributed by atoms with Gasteiger partial charge in [-0.2, -0.15) is 0 Å². The number of likely N-dealkylation sites (tertiary alicyclic amines) is 1. The van der Waals surface area contributed by atoms with Gasteiger partial charge in [-0.25, -0.2) is 9.97 Å². The maximum Gasteiger partial charge on any atom is 0.141 e. The number of fused-ring (bicyclic) bond motifs is 1. The zero-order valence-corrected chi connectivity index (χ0v) is 18.4. The largest absolute Gasteiger partial charge is 0.363 e. The van der Waals surface area contributed by atoms with E-state index in [-0.39, 0.29) is 6.23 Å². The number of hydrogen-bond donors (Lipinski definition) is 0. The molecule has 7 heteroatoms. The predicted octanol–water partition coefficient (Wildman–Crippen LogP) is 4.43. The molecule has 6 nitrogen and oxygen atoms in total. The fraction of sp³-hybridized carbons (Fsp3) is 0.522. The average molecular weight is 424 g/mol. The standard InChI is InChI=1S/C23H29N5OS/c1-2-29-23(28-11-5-6-12-28)17-8-13-27(14-9-17)21-20-18(19-7-3-4-10-24-19)15-30-22(20)26-16-25-21/h3-4,7,10,15-17,23H,2,5-6,8-9,11-14H2,1H3. The Balaban J connectivity index is 1.38. The quantitative estimate of drug-likeness (QED) is 0.585. The molecule has 3 aromatic rings. The summed E-state index contributed by atoms with van der Waals surface area (Å²) in [7, 11) is 0. The van der Waals surface area contributed by atoms with Crippen molar-refractivity contribution >= 4 is 27.4 Å². The van der Waals surface area contributed by atoms with Crippen molar-refractivity contribution in [3.05, 3.63) is 36.1 Å². The van der Waals surface area contributed by atoms with Crippen LogP contribution in [0.2, 0.25) is 0 Å². The normalized spacial score (nSPS) is 19.6. The molecule has 30 heavy (non-hydrogen) atoms. The number of pyridine rings is 1. The highest BCUT2D eigenvalue weighted by Gasteiger charge is 2.33. The number of hydrogen-bond acceptors (Lipinski definition) is 7. The van der Waals surface area contributed by atoms with E-state index in [1.54, 1.807) is 17.7 Å². The number of thiophene rings is 1. The van der Waals surface area contributed by atoms with Crippen LogP contribution < -0.4 is 4.90 Å². The number of piperidine rings is 1. The second kappa shape index (κ2) is 8.96. The highest BCUT2D eigenvalue weighted by Crippen LogP contribution is 2.38. The van der Waals surface area contributed by atoms with Crippen LogP contribution in [-0.2, 0) is 4.74 Å². The van der Waals surface area contributed by atoms with Crippen LogP contribution >= 0.6 is 11.3 Å². The molecule has 0 amide bonds. The van der Waals surface area contributed by atoms with E-state index in [1.807, 2.05) is 18.3 Å². The van der Waals surface area contributed by atoms with Crippen LogP contribution in [0.3, 0.4) is 0 Å². The van der Waals surface area contributed by atoms with E-state index in [4.69, 9.17) is 9.72 Å². The van der Waals surface area contributed by atoms with Crippen LogP contribution in [0.1, 0.15) is 32.6 Å². The van der Waals surface area contributed by atoms with Gasteiger partial charge in [0.05, 0.1) is 11.1 Å². The Morgan fingerprint density at radius 2 is 1.93 bits per heavy atom. The fourth-order valence-corrected chi connectivity index (χ4v) is 5.81. The summed E-state index contributed by atoms with van der Waals surface area (Å²) in [6.07, 6.45) is 8.70. The van der Waals surface area contributed by atoms with E-state index in [1.165, 1.54) is 25.9 Å². The Labute approximate surface area is 181 Å². The summed E-state index contributed by atoms with van der Waals surface area (Å²) in [6.45, 7) is 7.28. The Bertz CT molecular complexity index is 964. The number of anilines is 1. The molecule has 1 unspecified atom stereocenters. The monoisotopic (exact) mass is 423 g/mol. The Hall–Kier alpha value is -2.09. The molecule has 0 aromatic carbocycles. The molecule has 2 saturated heterocycles. The molecule has 0 spiro atoms. The van der Waals surface area contributed by atoms with Crippen molar-refractivity contribution in [1.29, 1.82) is 0 Å². The van der Waals surface area contributed by atoms with Gasteiger partial charge in [-0.3, -0.25) is 9.88 Å². The third kappa shape index (κ3) is 3.82. The van der Waals surface area contributed by atoms with Crippen LogP contribution in [0.5, 0.6) is 0 Å². The molecule has 0 saturated carbocycles. The Kier molecular flexibility index (Phi) is 5.93. The van der Waals surface area contributed by atoms with Gasteiger partial charge in [-0.15, -0.1) is 11.3 Å². The van der Waals surface area contributed by atoms with Gasteiger partial charge in [0.15, 0.2) is 0 Å². The van der Waals surface area contributed by atoms with Crippen LogP contribution in [-0.4, -0.2) is 58.9 Å². The summed E-state index contributed by atoms with van der Waals surface area (Å²) in [5, 5.41) is 3.30. The van der Waals surface area contributed by atoms with Crippen molar-refractivity contribution in [2.24, 2.45) is 5.92 Å². The minimum atomic E-state index is 0.273. The molecule has 0 bridgehead atoms. The van der Waals surface area contributed by atoms with Crippen molar-refractivity contribution in [2.75, 3.05) is 37.7 Å². The first-order valence-electron chi connectivity index (χ1n) is 11.1. The Morgan fingerprint density at radius 3 is 2.67 bits per heavy atom. The lowest BCUT2D eigenvalue weighted by Gasteiger charge is -2.40. The van der Waals surface area contributed by atoms with E-state index in [2.05, 4.69) is 38.1 Å². The second-order valence-corrected chi connectivity index (χ2v) is 9.01. The average Bonchev–Trinajstić information content (AvgIpc) is 3.48. The first kappa shape index (κ1) is 19.8. The highest BCUT2D eigenvalue weighted by molar-refractivity contribution is 7.17. The van der Waals surface area contributed by atoms with Crippen molar-refractivity contribution in [3.63, 3.8) is 0 Å². The number of nitrogens with zero attached hydrogens (tertiary/aromatic N) is 5. The molecule has 0 N–H and O–H groups in total. The second-order valence-electron chi connectivity index (χ2n) is 8.16. The molecule has 5 heterocycles. The smallest absolute Gasteiger partial charge is 0.141 e. The van der Waals surface area contributed by atoms with Crippen molar-refractivity contribution in [1.82, 2.24) is 19.9 Å². The molecule has 0 aliphatic carbocycles. The van der Waals surface area contributed by atoms with Crippen LogP contribution in [0.4, 0.5) is 5.82 Å². The third-order valence-corrected chi connectivity index (χ3v) is 7.26. The van der Waals surface area contributed by atoms with Gasteiger partial charge in [0, 0.05) is 55.8 Å². The van der Waals surface area contributed by atoms with Gasteiger partial charge in [0.1, 0.15) is 23.2 Å². The number of ether oxygens (including phenoxy) is 1. The first-order chi connectivity index (χ1) is 14.8. The summed E-state index contributed by atoms with van der Waals surface area (Å²) in [4.78, 5) is 19.9. The zero-order chi connectivity index (χ0) is 20.3. The van der Waals surface area contributed by atoms with Gasteiger partial charge in [-0.1, -0.05) is 6.07 Å². The molecule has 0 radical (unpaired) electrons. The molecule has 5 rings (SSSR count). The van der Waals surface area contributed by atoms with E-state index < -0.39 is 0 Å². The van der Waals surface area contributed by atoms with Crippen molar-refractivity contribution in [2.45, 2.75) is 38.8 Å². The Morgan fingerprint density at radius 1 is 1.10 bits per heavy atom. The molecular formula is C23H29N5OS. The zero-order valence-electron chi connectivity index (χ0n) is 17.5. The summed E-state index contributed by atoms with van der Waals surface area (Å²) in [6, 6.07) is 6.05. The maximum absolute atomic E-state index is 6.22. The summed E-state index contributed by atoms with van der Waals surface area (Å²) in [5.41, 5.74) is 2.12. The van der Waals surface area contributed by atoms with Crippen LogP contribution in [0, 0.1) is 5.92 Å². The summed E-state index contributed by atoms with van der Waals surface area (Å²) in [5.74, 6) is 1.64. The van der Waals surface area contributed by atoms with Crippen LogP contribution in [0.25, 0.3) is 21.5 Å². The molecule has 1 atom stereocenters. The number of rotatable bonds is 6. The first-order valence-corrected chi connectivity index (χ1v) is 12.0. The molecule has 2 fully saturated rings. The van der Waals surface area contributed by atoms with E-state index >= 15 is 0 Å². The summed E-state index contributed by atoms with van der Waals surface area (Å²) >= 11 is 1.67. The third-order valence-electron chi connectivity index (χ3n) is 6.37. The van der Waals surface area contributed by atoms with Crippen molar-refractivity contribution < 1.29 is 4.74 Å². The minimum absolute atomic E-state index is 0.273. The molecule has 158 valence electrons. The van der Waals surface area contributed by atoms with Gasteiger partial charge < -0.3 is 9.64 Å². The van der Waals surface area contributed by atoms with Gasteiger partial charge in [0.25, 0.3) is 0 Å². The van der Waals surface area contributed by atoms with Gasteiger partial charge >= 0.3 is 0 Å².